The van der Waals surface area contributed by atoms with Gasteiger partial charge in [-0.3, -0.25) is 9.59 Å². The summed E-state index contributed by atoms with van der Waals surface area (Å²) in [5.41, 5.74) is 1.39. The zero-order valence-electron chi connectivity index (χ0n) is 14.8. The molecule has 134 valence electrons. The quantitative estimate of drug-likeness (QED) is 0.711. The van der Waals surface area contributed by atoms with Gasteiger partial charge in [-0.2, -0.15) is 15.0 Å². The van der Waals surface area contributed by atoms with Crippen LogP contribution in [0.2, 0.25) is 0 Å². The summed E-state index contributed by atoms with van der Waals surface area (Å²) in [5, 5.41) is 8.78. The smallest absolute Gasteiger partial charge is 0.259 e. The van der Waals surface area contributed by atoms with Crippen LogP contribution in [0, 0.1) is 6.92 Å². The maximum atomic E-state index is 13.0. The van der Waals surface area contributed by atoms with E-state index in [-0.39, 0.29) is 22.9 Å². The fraction of sp³-hybridized carbons (Fsp3) is 0.389. The molecule has 1 aliphatic heterocycles. The number of hydrogen-bond donors (Lipinski definition) is 0. The van der Waals surface area contributed by atoms with Crippen molar-refractivity contribution in [1.29, 1.82) is 0 Å². The lowest BCUT2D eigenvalue weighted by Gasteiger charge is -2.17. The summed E-state index contributed by atoms with van der Waals surface area (Å²) in [4.78, 5) is 33.7. The second kappa shape index (κ2) is 6.36. The molecule has 0 N–H and O–H groups in total. The summed E-state index contributed by atoms with van der Waals surface area (Å²) in [6.07, 6.45) is 5.67. The maximum absolute atomic E-state index is 13.0. The highest BCUT2D eigenvalue weighted by molar-refractivity contribution is 5.97. The van der Waals surface area contributed by atoms with Gasteiger partial charge in [-0.1, -0.05) is 0 Å². The van der Waals surface area contributed by atoms with E-state index in [1.807, 2.05) is 18.4 Å². The number of carbonyl (C=O) groups excluding carboxylic acids is 1. The number of amides is 1. The van der Waals surface area contributed by atoms with Crippen molar-refractivity contribution in [1.82, 2.24) is 29.4 Å². The third-order valence-electron chi connectivity index (χ3n) is 4.85. The number of likely N-dealkylation sites (tertiary alicyclic amines) is 1. The number of hydrogen-bond acceptors (Lipinski definition) is 5. The molecule has 0 aliphatic carbocycles. The van der Waals surface area contributed by atoms with Gasteiger partial charge >= 0.3 is 0 Å². The van der Waals surface area contributed by atoms with Crippen LogP contribution in [0.1, 0.15) is 35.4 Å². The molecule has 3 aromatic rings. The van der Waals surface area contributed by atoms with E-state index < -0.39 is 0 Å². The average Bonchev–Trinajstić information content (AvgIpc) is 3.33. The number of nitrogens with zero attached hydrogens (tertiary/aromatic N) is 6. The first-order chi connectivity index (χ1) is 12.6. The average molecular weight is 352 g/mol. The third kappa shape index (κ3) is 2.67. The van der Waals surface area contributed by atoms with Gasteiger partial charge in [-0.05, 0) is 32.4 Å². The second-order valence-electron chi connectivity index (χ2n) is 6.52. The van der Waals surface area contributed by atoms with Crippen molar-refractivity contribution >= 4 is 16.9 Å². The lowest BCUT2D eigenvalue weighted by Crippen LogP contribution is -2.33. The normalized spacial score (nSPS) is 17.2. The molecule has 4 heterocycles. The molecule has 0 bridgehead atoms. The van der Waals surface area contributed by atoms with Crippen LogP contribution >= 0.6 is 0 Å². The van der Waals surface area contributed by atoms with Crippen LogP contribution in [-0.2, 0) is 6.54 Å². The summed E-state index contributed by atoms with van der Waals surface area (Å²) in [7, 11) is 0. The van der Waals surface area contributed by atoms with Crippen molar-refractivity contribution in [3.63, 3.8) is 0 Å². The van der Waals surface area contributed by atoms with Crippen molar-refractivity contribution in [3.8, 4) is 0 Å². The van der Waals surface area contributed by atoms with Crippen LogP contribution in [0.15, 0.2) is 35.5 Å². The predicted molar refractivity (Wildman–Crippen MR) is 96.0 cm³/mol. The molecule has 8 nitrogen and oxygen atoms in total. The minimum atomic E-state index is -0.261. The Morgan fingerprint density at radius 3 is 2.77 bits per heavy atom. The highest BCUT2D eigenvalue weighted by atomic mass is 16.2. The molecule has 3 aromatic heterocycles. The number of carbonyl (C=O) groups is 1. The molecular formula is C18H20N6O2. The van der Waals surface area contributed by atoms with E-state index in [2.05, 4.69) is 15.2 Å². The van der Waals surface area contributed by atoms with Crippen LogP contribution in [0.5, 0.6) is 0 Å². The van der Waals surface area contributed by atoms with Gasteiger partial charge in [0.15, 0.2) is 0 Å². The van der Waals surface area contributed by atoms with E-state index in [1.54, 1.807) is 40.4 Å². The topological polar surface area (TPSA) is 85.9 Å². The summed E-state index contributed by atoms with van der Waals surface area (Å²) in [5.74, 6) is -0.241. The van der Waals surface area contributed by atoms with Crippen molar-refractivity contribution in [3.05, 3.63) is 52.2 Å². The Hall–Kier alpha value is -3.03. The third-order valence-corrected chi connectivity index (χ3v) is 4.85. The Labute approximate surface area is 150 Å². The molecule has 1 unspecified atom stereocenters. The van der Waals surface area contributed by atoms with Crippen molar-refractivity contribution in [2.75, 3.05) is 13.1 Å². The molecule has 0 saturated carbocycles. The fourth-order valence-electron chi connectivity index (χ4n) is 3.45. The second-order valence-corrected chi connectivity index (χ2v) is 6.52. The van der Waals surface area contributed by atoms with Gasteiger partial charge in [0, 0.05) is 31.5 Å². The van der Waals surface area contributed by atoms with Gasteiger partial charge in [-0.25, -0.2) is 4.98 Å². The van der Waals surface area contributed by atoms with Crippen LogP contribution in [0.3, 0.4) is 0 Å². The lowest BCUT2D eigenvalue weighted by molar-refractivity contribution is 0.0784. The summed E-state index contributed by atoms with van der Waals surface area (Å²) in [6, 6.07) is 3.60. The Bertz CT molecular complexity index is 1020. The first-order valence-electron chi connectivity index (χ1n) is 8.74. The summed E-state index contributed by atoms with van der Waals surface area (Å²) in [6.45, 7) is 5.57. The molecule has 1 aliphatic rings. The predicted octanol–water partition coefficient (Wildman–Crippen LogP) is 1.40. The fourth-order valence-corrected chi connectivity index (χ4v) is 3.45. The molecule has 0 spiro atoms. The zero-order valence-corrected chi connectivity index (χ0v) is 14.8. The molecule has 8 heteroatoms. The number of fused-ring (bicyclic) bond motifs is 1. The first-order valence-corrected chi connectivity index (χ1v) is 8.74. The van der Waals surface area contributed by atoms with Crippen LogP contribution in [0.25, 0.3) is 11.0 Å². The van der Waals surface area contributed by atoms with Gasteiger partial charge in [0.2, 0.25) is 5.43 Å². The minimum Gasteiger partial charge on any atom is -0.336 e. The minimum absolute atomic E-state index is 0.0483. The largest absolute Gasteiger partial charge is 0.336 e. The van der Waals surface area contributed by atoms with E-state index in [4.69, 9.17) is 0 Å². The molecule has 1 fully saturated rings. The van der Waals surface area contributed by atoms with Crippen LogP contribution in [-0.4, -0.2) is 48.4 Å². The van der Waals surface area contributed by atoms with Crippen LogP contribution < -0.4 is 5.43 Å². The SMILES string of the molecule is CCn1cc(C(=O)N2CCC(n3nccn3)C2)c(=O)c2ccc(C)nc21. The van der Waals surface area contributed by atoms with Gasteiger partial charge in [0.25, 0.3) is 5.91 Å². The standard InChI is InChI=1S/C18H20N6O2/c1-3-22-11-15(16(25)14-5-4-12(2)21-17(14)22)18(26)23-9-6-13(10-23)24-19-7-8-20-24/h4-5,7-8,11,13H,3,6,9-10H2,1-2H3. The Balaban J connectivity index is 1.70. The van der Waals surface area contributed by atoms with Gasteiger partial charge in [-0.15, -0.1) is 0 Å². The van der Waals surface area contributed by atoms with E-state index >= 15 is 0 Å². The Morgan fingerprint density at radius 1 is 1.27 bits per heavy atom. The zero-order chi connectivity index (χ0) is 18.3. The molecule has 1 saturated heterocycles. The number of aromatic nitrogens is 5. The number of aryl methyl sites for hydroxylation is 2. The van der Waals surface area contributed by atoms with E-state index in [0.717, 1.165) is 12.1 Å². The Morgan fingerprint density at radius 2 is 2.04 bits per heavy atom. The van der Waals surface area contributed by atoms with E-state index in [0.29, 0.717) is 30.7 Å². The highest BCUT2D eigenvalue weighted by Crippen LogP contribution is 2.21. The molecule has 4 rings (SSSR count). The maximum Gasteiger partial charge on any atom is 0.259 e. The molecule has 26 heavy (non-hydrogen) atoms. The lowest BCUT2D eigenvalue weighted by atomic mass is 10.1. The Kier molecular flexibility index (Phi) is 4.02. The number of pyridine rings is 2. The van der Waals surface area contributed by atoms with Crippen molar-refractivity contribution in [2.24, 2.45) is 0 Å². The van der Waals surface area contributed by atoms with Crippen LogP contribution in [0.4, 0.5) is 0 Å². The molecule has 1 amide bonds. The molecule has 0 aromatic carbocycles. The molecule has 1 atom stereocenters. The summed E-state index contributed by atoms with van der Waals surface area (Å²) < 4.78 is 1.86. The van der Waals surface area contributed by atoms with E-state index in [9.17, 15) is 9.59 Å². The van der Waals surface area contributed by atoms with Crippen molar-refractivity contribution < 1.29 is 4.79 Å². The molecular weight excluding hydrogens is 332 g/mol. The first kappa shape index (κ1) is 16.4. The molecule has 0 radical (unpaired) electrons. The van der Waals surface area contributed by atoms with Crippen molar-refractivity contribution in [2.45, 2.75) is 32.9 Å². The van der Waals surface area contributed by atoms with Gasteiger partial charge in [0.05, 0.1) is 23.8 Å². The van der Waals surface area contributed by atoms with Gasteiger partial charge in [0.1, 0.15) is 11.2 Å². The summed E-state index contributed by atoms with van der Waals surface area (Å²) >= 11 is 0. The number of rotatable bonds is 3. The van der Waals surface area contributed by atoms with E-state index in [1.165, 1.54) is 0 Å². The highest BCUT2D eigenvalue weighted by Gasteiger charge is 2.30. The van der Waals surface area contributed by atoms with Gasteiger partial charge < -0.3 is 9.47 Å². The monoisotopic (exact) mass is 352 g/mol.